The molecule has 118 valence electrons. The van der Waals surface area contributed by atoms with Crippen LogP contribution in [0.5, 0.6) is 0 Å². The third-order valence-electron chi connectivity index (χ3n) is 3.85. The molecule has 1 saturated heterocycles. The van der Waals surface area contributed by atoms with Crippen LogP contribution in [0.1, 0.15) is 5.56 Å². The number of thioether (sulfide) groups is 1. The van der Waals surface area contributed by atoms with Gasteiger partial charge in [-0.05, 0) is 36.0 Å². The summed E-state index contributed by atoms with van der Waals surface area (Å²) in [5.41, 5.74) is 3.00. The summed E-state index contributed by atoms with van der Waals surface area (Å²) in [6.07, 6.45) is 3.97. The lowest BCUT2D eigenvalue weighted by Gasteiger charge is -1.95. The van der Waals surface area contributed by atoms with Gasteiger partial charge < -0.3 is 9.88 Å². The van der Waals surface area contributed by atoms with Crippen molar-refractivity contribution in [1.29, 1.82) is 0 Å². The number of nitrogens with zero attached hydrogens (tertiary/aromatic N) is 2. The van der Waals surface area contributed by atoms with Gasteiger partial charge in [-0.15, -0.1) is 0 Å². The number of benzene rings is 2. The number of fused-ring (bicyclic) bond motifs is 1. The maximum atomic E-state index is 12.2. The van der Waals surface area contributed by atoms with Crippen LogP contribution in [0.2, 0.25) is 0 Å². The first-order chi connectivity index (χ1) is 11.7. The summed E-state index contributed by atoms with van der Waals surface area (Å²) >= 11 is 1.37. The highest BCUT2D eigenvalue weighted by atomic mass is 32.2. The van der Waals surface area contributed by atoms with Crippen molar-refractivity contribution in [1.82, 2.24) is 9.88 Å². The van der Waals surface area contributed by atoms with Gasteiger partial charge in [-0.1, -0.05) is 36.4 Å². The molecule has 0 spiro atoms. The predicted molar refractivity (Wildman–Crippen MR) is 100 cm³/mol. The number of amides is 1. The summed E-state index contributed by atoms with van der Waals surface area (Å²) in [4.78, 5) is 17.4. The fraction of sp³-hybridized carbons (Fsp3) is 0.0526. The lowest BCUT2D eigenvalue weighted by atomic mass is 10.1. The minimum Gasteiger partial charge on any atom is -0.350 e. The normalized spacial score (nSPS) is 17.8. The number of aliphatic imine (C=N–C) groups is 1. The number of amidine groups is 1. The van der Waals surface area contributed by atoms with Crippen LogP contribution in [0.3, 0.4) is 0 Å². The van der Waals surface area contributed by atoms with Crippen LogP contribution in [0.4, 0.5) is 5.69 Å². The van der Waals surface area contributed by atoms with Gasteiger partial charge in [-0.25, -0.2) is 4.99 Å². The minimum atomic E-state index is -0.109. The van der Waals surface area contributed by atoms with Crippen molar-refractivity contribution in [3.63, 3.8) is 0 Å². The Morgan fingerprint density at radius 1 is 1.08 bits per heavy atom. The average Bonchev–Trinajstić information content (AvgIpc) is 3.10. The van der Waals surface area contributed by atoms with Crippen molar-refractivity contribution in [3.05, 3.63) is 71.3 Å². The van der Waals surface area contributed by atoms with Gasteiger partial charge in [-0.3, -0.25) is 4.79 Å². The molecule has 0 saturated carbocycles. The third kappa shape index (κ3) is 2.74. The molecule has 2 heterocycles. The lowest BCUT2D eigenvalue weighted by molar-refractivity contribution is -0.115. The Labute approximate surface area is 143 Å². The summed E-state index contributed by atoms with van der Waals surface area (Å²) in [5.74, 6) is -0.109. The molecule has 4 rings (SSSR count). The molecule has 5 heteroatoms. The second kappa shape index (κ2) is 6.02. The Morgan fingerprint density at radius 3 is 2.67 bits per heavy atom. The Balaban J connectivity index is 1.68. The van der Waals surface area contributed by atoms with Crippen molar-refractivity contribution in [2.75, 3.05) is 0 Å². The molecule has 0 radical (unpaired) electrons. The second-order valence-electron chi connectivity index (χ2n) is 5.53. The van der Waals surface area contributed by atoms with Crippen LogP contribution in [0.15, 0.2) is 70.7 Å². The predicted octanol–water partition coefficient (Wildman–Crippen LogP) is 4.07. The second-order valence-corrected chi connectivity index (χ2v) is 6.56. The number of carbonyl (C=O) groups is 1. The zero-order valence-corrected chi connectivity index (χ0v) is 13.9. The van der Waals surface area contributed by atoms with Crippen molar-refractivity contribution in [2.45, 2.75) is 0 Å². The van der Waals surface area contributed by atoms with Gasteiger partial charge in [0.15, 0.2) is 5.17 Å². The Kier molecular flexibility index (Phi) is 3.70. The molecule has 2 aromatic carbocycles. The molecule has 3 aromatic rings. The van der Waals surface area contributed by atoms with Gasteiger partial charge in [-0.2, -0.15) is 0 Å². The largest absolute Gasteiger partial charge is 0.350 e. The number of hydrogen-bond donors (Lipinski definition) is 1. The van der Waals surface area contributed by atoms with Crippen molar-refractivity contribution in [2.24, 2.45) is 12.0 Å². The topological polar surface area (TPSA) is 46.4 Å². The summed E-state index contributed by atoms with van der Waals surface area (Å²) < 4.78 is 2.07. The van der Waals surface area contributed by atoms with Crippen molar-refractivity contribution < 1.29 is 4.79 Å². The number of rotatable bonds is 2. The first-order valence-corrected chi connectivity index (χ1v) is 8.41. The number of para-hydroxylation sites is 2. The highest BCUT2D eigenvalue weighted by Gasteiger charge is 2.24. The molecule has 1 amide bonds. The summed E-state index contributed by atoms with van der Waals surface area (Å²) in [7, 11) is 2.01. The van der Waals surface area contributed by atoms with E-state index in [1.165, 1.54) is 11.8 Å². The molecule has 1 fully saturated rings. The van der Waals surface area contributed by atoms with E-state index in [1.54, 1.807) is 0 Å². The number of hydrogen-bond acceptors (Lipinski definition) is 3. The third-order valence-corrected chi connectivity index (χ3v) is 4.76. The molecule has 1 N–H and O–H groups in total. The smallest absolute Gasteiger partial charge is 0.264 e. The quantitative estimate of drug-likeness (QED) is 0.719. The van der Waals surface area contributed by atoms with Gasteiger partial charge in [0.25, 0.3) is 5.91 Å². The summed E-state index contributed by atoms with van der Waals surface area (Å²) in [6, 6.07) is 17.8. The van der Waals surface area contributed by atoms with Crippen LogP contribution >= 0.6 is 11.8 Å². The van der Waals surface area contributed by atoms with Gasteiger partial charge in [0, 0.05) is 29.7 Å². The summed E-state index contributed by atoms with van der Waals surface area (Å²) in [6.45, 7) is 0. The van der Waals surface area contributed by atoms with Crippen LogP contribution in [-0.2, 0) is 11.8 Å². The average molecular weight is 333 g/mol. The molecule has 24 heavy (non-hydrogen) atoms. The molecule has 0 bridgehead atoms. The molecule has 1 aliphatic rings. The van der Waals surface area contributed by atoms with Gasteiger partial charge in [0.1, 0.15) is 0 Å². The number of carbonyl (C=O) groups excluding carboxylic acids is 1. The zero-order valence-electron chi connectivity index (χ0n) is 13.1. The highest BCUT2D eigenvalue weighted by Crippen LogP contribution is 2.30. The molecule has 1 aliphatic heterocycles. The molecule has 0 atom stereocenters. The Bertz CT molecular complexity index is 986. The van der Waals surface area contributed by atoms with E-state index in [0.717, 1.165) is 22.2 Å². The maximum absolute atomic E-state index is 12.2. The standard InChI is InChI=1S/C19H15N3OS/c1-22-12-13(15-9-5-6-10-16(15)22)11-17-18(23)21-19(24-17)20-14-7-3-2-4-8-14/h2-12H,1H3,(H,20,21,23)/b17-11-. The van der Waals surface area contributed by atoms with E-state index in [4.69, 9.17) is 0 Å². The number of nitrogens with one attached hydrogen (secondary N) is 1. The van der Waals surface area contributed by atoms with Crippen molar-refractivity contribution >= 4 is 45.5 Å². The fourth-order valence-corrected chi connectivity index (χ4v) is 3.56. The molecule has 4 nitrogen and oxygen atoms in total. The van der Waals surface area contributed by atoms with E-state index >= 15 is 0 Å². The fourth-order valence-electron chi connectivity index (χ4n) is 2.73. The monoisotopic (exact) mass is 333 g/mol. The van der Waals surface area contributed by atoms with E-state index in [1.807, 2.05) is 61.8 Å². The first-order valence-electron chi connectivity index (χ1n) is 7.59. The number of aromatic nitrogens is 1. The zero-order chi connectivity index (χ0) is 16.5. The maximum Gasteiger partial charge on any atom is 0.264 e. The SMILES string of the molecule is Cn1cc(/C=C2\SC(=Nc3ccccc3)NC2=O)c2ccccc21. The summed E-state index contributed by atoms with van der Waals surface area (Å²) in [5, 5.41) is 4.57. The van der Waals surface area contributed by atoms with Crippen LogP contribution in [-0.4, -0.2) is 15.6 Å². The van der Waals surface area contributed by atoms with Crippen LogP contribution in [0, 0.1) is 0 Å². The van der Waals surface area contributed by atoms with Gasteiger partial charge in [0.05, 0.1) is 10.6 Å². The van der Waals surface area contributed by atoms with E-state index in [0.29, 0.717) is 10.1 Å². The first kappa shape index (κ1) is 14.8. The van der Waals surface area contributed by atoms with Crippen LogP contribution < -0.4 is 5.32 Å². The Hall–Kier alpha value is -2.79. The highest BCUT2D eigenvalue weighted by molar-refractivity contribution is 8.18. The van der Waals surface area contributed by atoms with Crippen molar-refractivity contribution in [3.8, 4) is 0 Å². The van der Waals surface area contributed by atoms with E-state index in [-0.39, 0.29) is 5.91 Å². The number of aryl methyl sites for hydroxylation is 1. The molecule has 1 aromatic heterocycles. The molecular formula is C19H15N3OS. The van der Waals surface area contributed by atoms with Gasteiger partial charge >= 0.3 is 0 Å². The molecular weight excluding hydrogens is 318 g/mol. The van der Waals surface area contributed by atoms with E-state index in [2.05, 4.69) is 27.0 Å². The molecule has 0 aliphatic carbocycles. The van der Waals surface area contributed by atoms with Crippen LogP contribution in [0.25, 0.3) is 17.0 Å². The van der Waals surface area contributed by atoms with E-state index < -0.39 is 0 Å². The Morgan fingerprint density at radius 2 is 1.83 bits per heavy atom. The molecule has 0 unspecified atom stereocenters. The van der Waals surface area contributed by atoms with Gasteiger partial charge in [0.2, 0.25) is 0 Å². The lowest BCUT2D eigenvalue weighted by Crippen LogP contribution is -2.19. The minimum absolute atomic E-state index is 0.109. The van der Waals surface area contributed by atoms with E-state index in [9.17, 15) is 4.79 Å².